The smallest absolute Gasteiger partial charge is 0.253 e. The Labute approximate surface area is 173 Å². The standard InChI is InChI=1S/C24H31N3O2/c28-23(13-8-20-6-2-1-3-7-20)26-16-18-27(19-17-26)24(29)21-9-11-22(12-10-21)25-14-4-5-15-25/h4-5,9-12,14-15,20H,1-3,6-8,13,16-19H2. The molecule has 5 heteroatoms. The van der Waals surface area contributed by atoms with E-state index in [4.69, 9.17) is 0 Å². The van der Waals surface area contributed by atoms with Crippen LogP contribution in [0.1, 0.15) is 55.3 Å². The Hall–Kier alpha value is -2.56. The van der Waals surface area contributed by atoms with E-state index in [-0.39, 0.29) is 11.8 Å². The molecule has 2 amide bonds. The monoisotopic (exact) mass is 393 g/mol. The van der Waals surface area contributed by atoms with Gasteiger partial charge in [0.25, 0.3) is 5.91 Å². The Morgan fingerprint density at radius 1 is 0.828 bits per heavy atom. The molecule has 0 bridgehead atoms. The van der Waals surface area contributed by atoms with Crippen LogP contribution >= 0.6 is 0 Å². The van der Waals surface area contributed by atoms with Gasteiger partial charge in [0.1, 0.15) is 0 Å². The lowest BCUT2D eigenvalue weighted by Crippen LogP contribution is -2.50. The van der Waals surface area contributed by atoms with E-state index in [1.165, 1.54) is 32.1 Å². The molecule has 1 aliphatic heterocycles. The Morgan fingerprint density at radius 2 is 1.45 bits per heavy atom. The van der Waals surface area contributed by atoms with Gasteiger partial charge < -0.3 is 14.4 Å². The first kappa shape index (κ1) is 19.7. The zero-order valence-corrected chi connectivity index (χ0v) is 17.1. The van der Waals surface area contributed by atoms with Crippen molar-refractivity contribution in [2.45, 2.75) is 44.9 Å². The summed E-state index contributed by atoms with van der Waals surface area (Å²) in [6.45, 7) is 2.54. The number of carbonyl (C=O) groups excluding carboxylic acids is 2. The summed E-state index contributed by atoms with van der Waals surface area (Å²) in [6.07, 6.45) is 12.3. The maximum atomic E-state index is 12.8. The summed E-state index contributed by atoms with van der Waals surface area (Å²) in [5, 5.41) is 0. The van der Waals surface area contributed by atoms with Gasteiger partial charge in [-0.2, -0.15) is 0 Å². The number of aromatic nitrogens is 1. The second-order valence-corrected chi connectivity index (χ2v) is 8.35. The normalized spacial score (nSPS) is 18.1. The fourth-order valence-corrected chi connectivity index (χ4v) is 4.59. The number of carbonyl (C=O) groups is 2. The van der Waals surface area contributed by atoms with Crippen LogP contribution in [-0.2, 0) is 4.79 Å². The van der Waals surface area contributed by atoms with Gasteiger partial charge in [0.2, 0.25) is 5.91 Å². The zero-order valence-electron chi connectivity index (χ0n) is 17.1. The lowest BCUT2D eigenvalue weighted by molar-refractivity contribution is -0.133. The molecule has 2 aliphatic rings. The van der Waals surface area contributed by atoms with Crippen LogP contribution in [0.25, 0.3) is 5.69 Å². The van der Waals surface area contributed by atoms with Crippen molar-refractivity contribution in [1.29, 1.82) is 0 Å². The highest BCUT2D eigenvalue weighted by Gasteiger charge is 2.25. The van der Waals surface area contributed by atoms with Gasteiger partial charge in [-0.05, 0) is 48.7 Å². The Kier molecular flexibility index (Phi) is 6.33. The number of hydrogen-bond acceptors (Lipinski definition) is 2. The molecule has 5 nitrogen and oxygen atoms in total. The third kappa shape index (κ3) is 4.89. The first-order valence-corrected chi connectivity index (χ1v) is 11.0. The third-order valence-corrected chi connectivity index (χ3v) is 6.43. The van der Waals surface area contributed by atoms with Gasteiger partial charge in [0.15, 0.2) is 0 Å². The largest absolute Gasteiger partial charge is 0.339 e. The summed E-state index contributed by atoms with van der Waals surface area (Å²) in [5.41, 5.74) is 1.75. The van der Waals surface area contributed by atoms with Crippen molar-refractivity contribution in [3.8, 4) is 5.69 Å². The van der Waals surface area contributed by atoms with E-state index in [2.05, 4.69) is 0 Å². The molecule has 2 aromatic rings. The fourth-order valence-electron chi connectivity index (χ4n) is 4.59. The number of rotatable bonds is 5. The Bertz CT molecular complexity index is 799. The van der Waals surface area contributed by atoms with E-state index in [0.29, 0.717) is 38.2 Å². The molecular formula is C24H31N3O2. The van der Waals surface area contributed by atoms with Gasteiger partial charge in [-0.15, -0.1) is 0 Å². The number of amides is 2. The first-order valence-electron chi connectivity index (χ1n) is 11.0. The molecule has 1 aliphatic carbocycles. The highest BCUT2D eigenvalue weighted by molar-refractivity contribution is 5.94. The maximum Gasteiger partial charge on any atom is 0.253 e. The lowest BCUT2D eigenvalue weighted by Gasteiger charge is -2.35. The Balaban J connectivity index is 1.25. The minimum atomic E-state index is 0.0540. The zero-order chi connectivity index (χ0) is 20.1. The van der Waals surface area contributed by atoms with E-state index in [0.717, 1.165) is 18.0 Å². The van der Waals surface area contributed by atoms with Gasteiger partial charge in [-0.3, -0.25) is 9.59 Å². The van der Waals surface area contributed by atoms with Crippen LogP contribution in [0, 0.1) is 5.92 Å². The average molecular weight is 394 g/mol. The van der Waals surface area contributed by atoms with Crippen LogP contribution in [0.15, 0.2) is 48.8 Å². The summed E-state index contributed by atoms with van der Waals surface area (Å²) in [7, 11) is 0. The SMILES string of the molecule is O=C(CCC1CCCCC1)N1CCN(C(=O)c2ccc(-n3cccc3)cc2)CC1. The van der Waals surface area contributed by atoms with Crippen LogP contribution in [0.5, 0.6) is 0 Å². The summed E-state index contributed by atoms with van der Waals surface area (Å²) < 4.78 is 2.02. The number of nitrogens with zero attached hydrogens (tertiary/aromatic N) is 3. The molecule has 2 heterocycles. The molecule has 1 saturated heterocycles. The van der Waals surface area contributed by atoms with Crippen LogP contribution in [0.2, 0.25) is 0 Å². The number of hydrogen-bond donors (Lipinski definition) is 0. The van der Waals surface area contributed by atoms with Crippen molar-refractivity contribution < 1.29 is 9.59 Å². The van der Waals surface area contributed by atoms with Gasteiger partial charge in [-0.25, -0.2) is 0 Å². The lowest BCUT2D eigenvalue weighted by atomic mass is 9.86. The summed E-state index contributed by atoms with van der Waals surface area (Å²) >= 11 is 0. The van der Waals surface area contributed by atoms with Crippen molar-refractivity contribution in [3.05, 3.63) is 54.4 Å². The topological polar surface area (TPSA) is 45.6 Å². The molecule has 0 atom stereocenters. The molecule has 4 rings (SSSR count). The molecule has 1 saturated carbocycles. The van der Waals surface area contributed by atoms with Crippen LogP contribution in [-0.4, -0.2) is 52.4 Å². The number of piperazine rings is 1. The van der Waals surface area contributed by atoms with E-state index in [1.54, 1.807) is 0 Å². The van der Waals surface area contributed by atoms with E-state index < -0.39 is 0 Å². The fraction of sp³-hybridized carbons (Fsp3) is 0.500. The third-order valence-electron chi connectivity index (χ3n) is 6.43. The molecule has 0 unspecified atom stereocenters. The Morgan fingerprint density at radius 3 is 2.10 bits per heavy atom. The minimum absolute atomic E-state index is 0.0540. The highest BCUT2D eigenvalue weighted by atomic mass is 16.2. The maximum absolute atomic E-state index is 12.8. The molecule has 1 aromatic heterocycles. The van der Waals surface area contributed by atoms with Gasteiger partial charge in [0, 0.05) is 56.2 Å². The predicted molar refractivity (Wildman–Crippen MR) is 114 cm³/mol. The van der Waals surface area contributed by atoms with Gasteiger partial charge >= 0.3 is 0 Å². The molecule has 0 spiro atoms. The molecule has 0 radical (unpaired) electrons. The van der Waals surface area contributed by atoms with Crippen LogP contribution < -0.4 is 0 Å². The van der Waals surface area contributed by atoms with Crippen molar-refractivity contribution in [1.82, 2.24) is 14.4 Å². The highest BCUT2D eigenvalue weighted by Crippen LogP contribution is 2.27. The second-order valence-electron chi connectivity index (χ2n) is 8.35. The summed E-state index contributed by atoms with van der Waals surface area (Å²) in [5.74, 6) is 1.06. The van der Waals surface area contributed by atoms with E-state index in [9.17, 15) is 9.59 Å². The van der Waals surface area contributed by atoms with Gasteiger partial charge in [-0.1, -0.05) is 32.1 Å². The van der Waals surface area contributed by atoms with Crippen molar-refractivity contribution >= 4 is 11.8 Å². The first-order chi connectivity index (χ1) is 14.2. The molecule has 1 aromatic carbocycles. The quantitative estimate of drug-likeness (QED) is 0.767. The molecule has 0 N–H and O–H groups in total. The predicted octanol–water partition coefficient (Wildman–Crippen LogP) is 4.12. The van der Waals surface area contributed by atoms with Crippen molar-refractivity contribution in [3.63, 3.8) is 0 Å². The summed E-state index contributed by atoms with van der Waals surface area (Å²) in [4.78, 5) is 29.2. The molecular weight excluding hydrogens is 362 g/mol. The minimum Gasteiger partial charge on any atom is -0.339 e. The van der Waals surface area contributed by atoms with E-state index in [1.807, 2.05) is 63.2 Å². The van der Waals surface area contributed by atoms with Crippen molar-refractivity contribution in [2.24, 2.45) is 5.92 Å². The van der Waals surface area contributed by atoms with Gasteiger partial charge in [0.05, 0.1) is 0 Å². The number of benzene rings is 1. The second kappa shape index (κ2) is 9.29. The average Bonchev–Trinajstić information content (AvgIpc) is 3.33. The molecule has 2 fully saturated rings. The van der Waals surface area contributed by atoms with Crippen molar-refractivity contribution in [2.75, 3.05) is 26.2 Å². The molecule has 29 heavy (non-hydrogen) atoms. The van der Waals surface area contributed by atoms with E-state index >= 15 is 0 Å². The van der Waals surface area contributed by atoms with Crippen LogP contribution in [0.3, 0.4) is 0 Å². The van der Waals surface area contributed by atoms with Crippen LogP contribution in [0.4, 0.5) is 0 Å². The molecule has 154 valence electrons. The summed E-state index contributed by atoms with van der Waals surface area (Å²) in [6, 6.07) is 11.7.